The normalized spacial score (nSPS) is 16.4. The van der Waals surface area contributed by atoms with Gasteiger partial charge in [0.2, 0.25) is 0 Å². The van der Waals surface area contributed by atoms with Crippen LogP contribution in [-0.4, -0.2) is 44.2 Å². The van der Waals surface area contributed by atoms with Gasteiger partial charge in [0.05, 0.1) is 6.04 Å². The Hall–Kier alpha value is -1.75. The average molecular weight is 278 g/mol. The number of carbonyl (C=O) groups excluding carboxylic acids is 1. The number of hydrogen-bond donors (Lipinski definition) is 1. The molecule has 5 nitrogen and oxygen atoms in total. The molecule has 1 aliphatic rings. The topological polar surface area (TPSA) is 50.8 Å². The van der Waals surface area contributed by atoms with Gasteiger partial charge in [-0.1, -0.05) is 0 Å². The number of nitrogens with one attached hydrogen (secondary N) is 1. The van der Waals surface area contributed by atoms with Crippen LogP contribution in [-0.2, 0) is 4.79 Å². The SMILES string of the molecule is CCN(CC)C(=O)COc1ccc2c(c1)OCC2NC. The van der Waals surface area contributed by atoms with Crippen LogP contribution in [0.3, 0.4) is 0 Å². The molecule has 2 rings (SSSR count). The van der Waals surface area contributed by atoms with E-state index in [1.54, 1.807) is 4.90 Å². The van der Waals surface area contributed by atoms with E-state index in [2.05, 4.69) is 5.32 Å². The zero-order valence-corrected chi connectivity index (χ0v) is 12.3. The van der Waals surface area contributed by atoms with E-state index in [1.807, 2.05) is 39.1 Å². The Morgan fingerprint density at radius 1 is 1.45 bits per heavy atom. The van der Waals surface area contributed by atoms with Crippen molar-refractivity contribution in [2.45, 2.75) is 19.9 Å². The lowest BCUT2D eigenvalue weighted by molar-refractivity contribution is -0.132. The van der Waals surface area contributed by atoms with E-state index in [0.29, 0.717) is 25.4 Å². The molecule has 1 unspecified atom stereocenters. The Kier molecular flexibility index (Phi) is 4.84. The van der Waals surface area contributed by atoms with Gasteiger partial charge in [0.15, 0.2) is 6.61 Å². The van der Waals surface area contributed by atoms with Crippen LogP contribution in [0.15, 0.2) is 18.2 Å². The van der Waals surface area contributed by atoms with Crippen LogP contribution in [0.2, 0.25) is 0 Å². The Morgan fingerprint density at radius 3 is 2.85 bits per heavy atom. The van der Waals surface area contributed by atoms with Crippen molar-refractivity contribution in [1.29, 1.82) is 0 Å². The molecule has 1 aliphatic heterocycles. The van der Waals surface area contributed by atoms with E-state index < -0.39 is 0 Å². The first-order valence-electron chi connectivity index (χ1n) is 7.04. The lowest BCUT2D eigenvalue weighted by Gasteiger charge is -2.18. The van der Waals surface area contributed by atoms with Crippen molar-refractivity contribution in [3.8, 4) is 11.5 Å². The maximum absolute atomic E-state index is 11.9. The highest BCUT2D eigenvalue weighted by molar-refractivity contribution is 5.77. The van der Waals surface area contributed by atoms with Gasteiger partial charge in [-0.25, -0.2) is 0 Å². The van der Waals surface area contributed by atoms with E-state index in [4.69, 9.17) is 9.47 Å². The lowest BCUT2D eigenvalue weighted by atomic mass is 10.1. The quantitative estimate of drug-likeness (QED) is 0.858. The zero-order valence-electron chi connectivity index (χ0n) is 12.3. The third-order valence-electron chi connectivity index (χ3n) is 3.59. The molecule has 0 saturated carbocycles. The van der Waals surface area contributed by atoms with Crippen LogP contribution in [0, 0.1) is 0 Å². The summed E-state index contributed by atoms with van der Waals surface area (Å²) in [5.74, 6) is 1.50. The van der Waals surface area contributed by atoms with E-state index in [1.165, 1.54) is 0 Å². The van der Waals surface area contributed by atoms with Crippen molar-refractivity contribution in [3.05, 3.63) is 23.8 Å². The number of amides is 1. The Labute approximate surface area is 119 Å². The zero-order chi connectivity index (χ0) is 14.5. The fourth-order valence-electron chi connectivity index (χ4n) is 2.33. The second-order valence-electron chi connectivity index (χ2n) is 4.71. The molecular formula is C15H22N2O3. The molecule has 0 aliphatic carbocycles. The van der Waals surface area contributed by atoms with E-state index >= 15 is 0 Å². The lowest BCUT2D eigenvalue weighted by Crippen LogP contribution is -2.34. The molecule has 1 heterocycles. The Morgan fingerprint density at radius 2 is 2.20 bits per heavy atom. The summed E-state index contributed by atoms with van der Waals surface area (Å²) in [6.45, 7) is 6.03. The van der Waals surface area contributed by atoms with Gasteiger partial charge < -0.3 is 19.7 Å². The summed E-state index contributed by atoms with van der Waals surface area (Å²) >= 11 is 0. The highest BCUT2D eigenvalue weighted by Gasteiger charge is 2.23. The molecule has 1 N–H and O–H groups in total. The number of benzene rings is 1. The first-order valence-corrected chi connectivity index (χ1v) is 7.04. The van der Waals surface area contributed by atoms with Crippen LogP contribution in [0.25, 0.3) is 0 Å². The number of ether oxygens (including phenoxy) is 2. The van der Waals surface area contributed by atoms with Crippen molar-refractivity contribution in [1.82, 2.24) is 10.2 Å². The van der Waals surface area contributed by atoms with E-state index in [9.17, 15) is 4.79 Å². The molecule has 5 heteroatoms. The number of likely N-dealkylation sites (N-methyl/N-ethyl adjacent to an activating group) is 2. The molecule has 0 bridgehead atoms. The fraction of sp³-hybridized carbons (Fsp3) is 0.533. The van der Waals surface area contributed by atoms with Crippen LogP contribution in [0.4, 0.5) is 0 Å². The van der Waals surface area contributed by atoms with Crippen LogP contribution in [0.1, 0.15) is 25.5 Å². The van der Waals surface area contributed by atoms with Gasteiger partial charge in [-0.3, -0.25) is 4.79 Å². The molecule has 0 spiro atoms. The minimum Gasteiger partial charge on any atom is -0.491 e. The third-order valence-corrected chi connectivity index (χ3v) is 3.59. The Bertz CT molecular complexity index is 472. The van der Waals surface area contributed by atoms with Gasteiger partial charge in [0.1, 0.15) is 18.1 Å². The largest absolute Gasteiger partial charge is 0.491 e. The average Bonchev–Trinajstić information content (AvgIpc) is 2.88. The summed E-state index contributed by atoms with van der Waals surface area (Å²) < 4.78 is 11.2. The first kappa shape index (κ1) is 14.7. The van der Waals surface area contributed by atoms with Crippen molar-refractivity contribution < 1.29 is 14.3 Å². The molecule has 1 aromatic carbocycles. The summed E-state index contributed by atoms with van der Waals surface area (Å²) in [7, 11) is 1.91. The van der Waals surface area contributed by atoms with Gasteiger partial charge in [-0.2, -0.15) is 0 Å². The Balaban J connectivity index is 1.97. The van der Waals surface area contributed by atoms with Crippen molar-refractivity contribution in [3.63, 3.8) is 0 Å². The highest BCUT2D eigenvalue weighted by Crippen LogP contribution is 2.34. The standard InChI is InChI=1S/C15H22N2O3/c1-4-17(5-2)15(18)10-19-11-6-7-12-13(16-3)9-20-14(12)8-11/h6-8,13,16H,4-5,9-10H2,1-3H3. The molecular weight excluding hydrogens is 256 g/mol. The monoisotopic (exact) mass is 278 g/mol. The second kappa shape index (κ2) is 6.61. The molecule has 1 aromatic rings. The van der Waals surface area contributed by atoms with E-state index in [-0.39, 0.29) is 18.6 Å². The highest BCUT2D eigenvalue weighted by atomic mass is 16.5. The summed E-state index contributed by atoms with van der Waals surface area (Å²) in [6.07, 6.45) is 0. The maximum Gasteiger partial charge on any atom is 0.260 e. The number of rotatable bonds is 6. The maximum atomic E-state index is 11.9. The van der Waals surface area contributed by atoms with Crippen molar-refractivity contribution >= 4 is 5.91 Å². The summed E-state index contributed by atoms with van der Waals surface area (Å²) in [4.78, 5) is 13.6. The van der Waals surface area contributed by atoms with Gasteiger partial charge in [-0.15, -0.1) is 0 Å². The van der Waals surface area contributed by atoms with E-state index in [0.717, 1.165) is 11.3 Å². The molecule has 0 fully saturated rings. The second-order valence-corrected chi connectivity index (χ2v) is 4.71. The van der Waals surface area contributed by atoms with Gasteiger partial charge in [0.25, 0.3) is 5.91 Å². The number of carbonyl (C=O) groups is 1. The number of nitrogens with zero attached hydrogens (tertiary/aromatic N) is 1. The van der Waals surface area contributed by atoms with Crippen molar-refractivity contribution in [2.24, 2.45) is 0 Å². The van der Waals surface area contributed by atoms with Crippen LogP contribution < -0.4 is 14.8 Å². The predicted molar refractivity (Wildman–Crippen MR) is 77.2 cm³/mol. The van der Waals surface area contributed by atoms with Crippen LogP contribution in [0.5, 0.6) is 11.5 Å². The number of fused-ring (bicyclic) bond motifs is 1. The molecule has 0 aromatic heterocycles. The molecule has 110 valence electrons. The molecule has 0 radical (unpaired) electrons. The summed E-state index contributed by atoms with van der Waals surface area (Å²) in [6, 6.07) is 5.95. The summed E-state index contributed by atoms with van der Waals surface area (Å²) in [5, 5.41) is 3.19. The molecule has 1 amide bonds. The van der Waals surface area contributed by atoms with Gasteiger partial charge in [0, 0.05) is 24.7 Å². The minimum atomic E-state index is 0.00418. The van der Waals surface area contributed by atoms with Crippen molar-refractivity contribution in [2.75, 3.05) is 33.4 Å². The molecule has 20 heavy (non-hydrogen) atoms. The predicted octanol–water partition coefficient (Wildman–Crippen LogP) is 1.59. The van der Waals surface area contributed by atoms with Crippen LogP contribution >= 0.6 is 0 Å². The summed E-state index contributed by atoms with van der Waals surface area (Å²) in [5.41, 5.74) is 1.13. The van der Waals surface area contributed by atoms with Gasteiger partial charge in [-0.05, 0) is 33.0 Å². The smallest absolute Gasteiger partial charge is 0.260 e. The minimum absolute atomic E-state index is 0.00418. The first-order chi connectivity index (χ1) is 9.69. The number of hydrogen-bond acceptors (Lipinski definition) is 4. The fourth-order valence-corrected chi connectivity index (χ4v) is 2.33. The molecule has 1 atom stereocenters. The third kappa shape index (κ3) is 3.04. The van der Waals surface area contributed by atoms with Gasteiger partial charge >= 0.3 is 0 Å². The molecule has 0 saturated heterocycles.